The van der Waals surface area contributed by atoms with E-state index in [1.54, 1.807) is 25.5 Å². The Bertz CT molecular complexity index is 821. The van der Waals surface area contributed by atoms with E-state index < -0.39 is 0 Å². The van der Waals surface area contributed by atoms with Gasteiger partial charge in [0, 0.05) is 32.3 Å². The SMILES string of the molecule is CCN(C)C=Nc1cc(C)c(C(COc2cccc(F)c2)=NC)cc1Cl. The molecule has 0 fully saturated rings. The van der Waals surface area contributed by atoms with Gasteiger partial charge in [-0.1, -0.05) is 17.7 Å². The van der Waals surface area contributed by atoms with Crippen LogP contribution in [-0.4, -0.2) is 44.2 Å². The molecule has 0 saturated heterocycles. The second-order valence-electron chi connectivity index (χ2n) is 5.85. The largest absolute Gasteiger partial charge is 0.487 e. The molecule has 0 atom stereocenters. The fourth-order valence-corrected chi connectivity index (χ4v) is 2.50. The van der Waals surface area contributed by atoms with Gasteiger partial charge in [-0.3, -0.25) is 4.99 Å². The first-order valence-corrected chi connectivity index (χ1v) is 8.71. The summed E-state index contributed by atoms with van der Waals surface area (Å²) < 4.78 is 18.9. The maximum Gasteiger partial charge on any atom is 0.130 e. The molecule has 0 aliphatic heterocycles. The number of benzene rings is 2. The molecular weight excluding hydrogens is 353 g/mol. The zero-order valence-electron chi connectivity index (χ0n) is 15.5. The molecule has 0 spiro atoms. The van der Waals surface area contributed by atoms with Crippen molar-refractivity contribution < 1.29 is 9.13 Å². The van der Waals surface area contributed by atoms with Crippen LogP contribution in [0.5, 0.6) is 5.75 Å². The summed E-state index contributed by atoms with van der Waals surface area (Å²) in [6.45, 7) is 5.10. The van der Waals surface area contributed by atoms with E-state index >= 15 is 0 Å². The lowest BCUT2D eigenvalue weighted by atomic mass is 10.0. The van der Waals surface area contributed by atoms with Gasteiger partial charge in [0.2, 0.25) is 0 Å². The lowest BCUT2D eigenvalue weighted by Gasteiger charge is -2.13. The molecule has 4 nitrogen and oxygen atoms in total. The normalized spacial score (nSPS) is 11.8. The summed E-state index contributed by atoms with van der Waals surface area (Å²) in [5.74, 6) is 0.120. The van der Waals surface area contributed by atoms with Crippen LogP contribution in [0, 0.1) is 12.7 Å². The average Bonchev–Trinajstić information content (AvgIpc) is 2.63. The van der Waals surface area contributed by atoms with E-state index in [0.717, 1.165) is 23.4 Å². The molecule has 2 aromatic rings. The highest BCUT2D eigenvalue weighted by Gasteiger charge is 2.12. The van der Waals surface area contributed by atoms with Gasteiger partial charge in [-0.25, -0.2) is 9.38 Å². The van der Waals surface area contributed by atoms with Gasteiger partial charge in [-0.2, -0.15) is 0 Å². The Hall–Kier alpha value is -2.40. The average molecular weight is 376 g/mol. The van der Waals surface area contributed by atoms with Crippen molar-refractivity contribution in [3.63, 3.8) is 0 Å². The monoisotopic (exact) mass is 375 g/mol. The number of hydrogen-bond acceptors (Lipinski definition) is 3. The van der Waals surface area contributed by atoms with Crippen LogP contribution in [0.15, 0.2) is 46.4 Å². The summed E-state index contributed by atoms with van der Waals surface area (Å²) in [5, 5.41) is 0.540. The van der Waals surface area contributed by atoms with Crippen molar-refractivity contribution in [1.82, 2.24) is 4.90 Å². The van der Waals surface area contributed by atoms with Crippen LogP contribution in [0.4, 0.5) is 10.1 Å². The molecule has 0 heterocycles. The minimum absolute atomic E-state index is 0.221. The van der Waals surface area contributed by atoms with Crippen molar-refractivity contribution in [2.75, 3.05) is 27.2 Å². The molecule has 0 amide bonds. The maximum atomic E-state index is 13.3. The predicted molar refractivity (Wildman–Crippen MR) is 107 cm³/mol. The van der Waals surface area contributed by atoms with Gasteiger partial charge in [0.1, 0.15) is 18.2 Å². The molecule has 0 radical (unpaired) electrons. The van der Waals surface area contributed by atoms with Crippen LogP contribution in [0.1, 0.15) is 18.1 Å². The first-order chi connectivity index (χ1) is 12.4. The van der Waals surface area contributed by atoms with Crippen molar-refractivity contribution in [3.05, 3.63) is 58.4 Å². The molecule has 2 aromatic carbocycles. The van der Waals surface area contributed by atoms with Crippen molar-refractivity contribution in [3.8, 4) is 5.75 Å². The van der Waals surface area contributed by atoms with Crippen LogP contribution in [0.2, 0.25) is 5.02 Å². The fourth-order valence-electron chi connectivity index (χ4n) is 2.29. The molecule has 6 heteroatoms. The second-order valence-corrected chi connectivity index (χ2v) is 6.26. The van der Waals surface area contributed by atoms with Crippen molar-refractivity contribution in [1.29, 1.82) is 0 Å². The molecule has 0 aliphatic rings. The fraction of sp³-hybridized carbons (Fsp3) is 0.300. The first kappa shape index (κ1) is 19.9. The van der Waals surface area contributed by atoms with Gasteiger partial charge in [-0.05, 0) is 43.7 Å². The summed E-state index contributed by atoms with van der Waals surface area (Å²) in [6.07, 6.45) is 1.75. The van der Waals surface area contributed by atoms with Crippen LogP contribution >= 0.6 is 11.6 Å². The van der Waals surface area contributed by atoms with E-state index in [9.17, 15) is 4.39 Å². The van der Waals surface area contributed by atoms with E-state index in [2.05, 4.69) is 9.98 Å². The van der Waals surface area contributed by atoms with Crippen molar-refractivity contribution >= 4 is 29.3 Å². The van der Waals surface area contributed by atoms with Crippen molar-refractivity contribution in [2.45, 2.75) is 13.8 Å². The van der Waals surface area contributed by atoms with Crippen LogP contribution in [0.25, 0.3) is 0 Å². The van der Waals surface area contributed by atoms with Gasteiger partial charge >= 0.3 is 0 Å². The molecule has 26 heavy (non-hydrogen) atoms. The number of aryl methyl sites for hydroxylation is 1. The van der Waals surface area contributed by atoms with Crippen LogP contribution in [0.3, 0.4) is 0 Å². The van der Waals surface area contributed by atoms with Crippen LogP contribution < -0.4 is 4.74 Å². The summed E-state index contributed by atoms with van der Waals surface area (Å²) in [6, 6.07) is 9.79. The number of ether oxygens (including phenoxy) is 1. The number of aliphatic imine (C=N–C) groups is 2. The Morgan fingerprint density at radius 3 is 2.73 bits per heavy atom. The molecule has 0 unspecified atom stereocenters. The van der Waals surface area contributed by atoms with E-state index in [-0.39, 0.29) is 12.4 Å². The second kappa shape index (κ2) is 9.34. The van der Waals surface area contributed by atoms with Gasteiger partial charge in [-0.15, -0.1) is 0 Å². The number of halogens is 2. The Kier molecular flexibility index (Phi) is 7.16. The highest BCUT2D eigenvalue weighted by Crippen LogP contribution is 2.29. The molecule has 0 saturated carbocycles. The molecule has 0 aromatic heterocycles. The van der Waals surface area contributed by atoms with E-state index in [1.165, 1.54) is 12.1 Å². The lowest BCUT2D eigenvalue weighted by molar-refractivity contribution is 0.374. The number of rotatable bonds is 7. The first-order valence-electron chi connectivity index (χ1n) is 8.33. The highest BCUT2D eigenvalue weighted by atomic mass is 35.5. The van der Waals surface area contributed by atoms with Gasteiger partial charge in [0.25, 0.3) is 0 Å². The molecule has 2 rings (SSSR count). The molecule has 0 N–H and O–H groups in total. The molecule has 138 valence electrons. The third kappa shape index (κ3) is 5.30. The smallest absolute Gasteiger partial charge is 0.130 e. The Morgan fingerprint density at radius 2 is 2.08 bits per heavy atom. The standard InChI is InChI=1S/C20H23ClFN3O/c1-5-25(4)13-24-19-9-14(2)17(11-18(19)21)20(23-3)12-26-16-8-6-7-15(22)10-16/h6-11,13H,5,12H2,1-4H3. The predicted octanol–water partition coefficient (Wildman–Crippen LogP) is 4.90. The highest BCUT2D eigenvalue weighted by molar-refractivity contribution is 6.33. The summed E-state index contributed by atoms with van der Waals surface area (Å²) >= 11 is 6.39. The Labute approximate surface area is 159 Å². The van der Waals surface area contributed by atoms with Gasteiger partial charge in [0.15, 0.2) is 0 Å². The topological polar surface area (TPSA) is 37.2 Å². The van der Waals surface area contributed by atoms with E-state index in [0.29, 0.717) is 16.5 Å². The Balaban J connectivity index is 2.20. The molecular formula is C20H23ClFN3O. The number of hydrogen-bond donors (Lipinski definition) is 0. The van der Waals surface area contributed by atoms with Crippen molar-refractivity contribution in [2.24, 2.45) is 9.98 Å². The summed E-state index contributed by atoms with van der Waals surface area (Å²) in [4.78, 5) is 10.7. The van der Waals surface area contributed by atoms with E-state index in [1.807, 2.05) is 37.9 Å². The minimum Gasteiger partial charge on any atom is -0.487 e. The quantitative estimate of drug-likeness (QED) is 0.510. The minimum atomic E-state index is -0.337. The van der Waals surface area contributed by atoms with Gasteiger partial charge < -0.3 is 9.64 Å². The maximum absolute atomic E-state index is 13.3. The summed E-state index contributed by atoms with van der Waals surface area (Å²) in [5.41, 5.74) is 3.31. The Morgan fingerprint density at radius 1 is 1.31 bits per heavy atom. The number of nitrogens with zero attached hydrogens (tertiary/aromatic N) is 3. The van der Waals surface area contributed by atoms with Gasteiger partial charge in [0.05, 0.1) is 22.8 Å². The van der Waals surface area contributed by atoms with E-state index in [4.69, 9.17) is 16.3 Å². The molecule has 0 bridgehead atoms. The zero-order chi connectivity index (χ0) is 19.1. The van der Waals surface area contributed by atoms with Crippen LogP contribution in [-0.2, 0) is 0 Å². The summed E-state index contributed by atoms with van der Waals surface area (Å²) in [7, 11) is 3.64. The third-order valence-corrected chi connectivity index (χ3v) is 4.24. The third-order valence-electron chi connectivity index (χ3n) is 3.94. The zero-order valence-corrected chi connectivity index (χ0v) is 16.2. The lowest BCUT2D eigenvalue weighted by Crippen LogP contribution is -2.15. The molecule has 0 aliphatic carbocycles.